The van der Waals surface area contributed by atoms with Crippen molar-refractivity contribution in [1.82, 2.24) is 4.57 Å². The van der Waals surface area contributed by atoms with Crippen LogP contribution in [0.5, 0.6) is 5.75 Å². The summed E-state index contributed by atoms with van der Waals surface area (Å²) in [4.78, 5) is 22.5. The van der Waals surface area contributed by atoms with Crippen molar-refractivity contribution in [2.75, 3.05) is 0 Å². The minimum absolute atomic E-state index is 0.190. The number of aromatic nitrogens is 1. The number of halogens is 1. The Balaban J connectivity index is 1.69. The fraction of sp³-hybridized carbons (Fsp3) is 0.138. The molecule has 0 saturated carbocycles. The summed E-state index contributed by atoms with van der Waals surface area (Å²) in [7, 11) is 1.61. The summed E-state index contributed by atoms with van der Waals surface area (Å²) in [6, 6.07) is 22.2. The lowest BCUT2D eigenvalue weighted by Gasteiger charge is -2.20. The van der Waals surface area contributed by atoms with Crippen molar-refractivity contribution < 1.29 is 24.2 Å². The lowest BCUT2D eigenvalue weighted by atomic mass is 9.84. The first kappa shape index (κ1) is 25.4. The minimum Gasteiger partial charge on any atom is -0.449 e. The SMILES string of the molecule is Cc1ccc(C(C/C(=N\O)c2ccc(=O)n(C)c2)c2ccc(-c3ccc(OC(=O)O)cc3)cc2)c(F)c1. The maximum absolute atomic E-state index is 15.1. The first-order valence-electron chi connectivity index (χ1n) is 11.5. The van der Waals surface area contributed by atoms with E-state index in [0.29, 0.717) is 16.8 Å². The standard InChI is InChI=1S/C29H25FN2O5/c1-18-3-13-24(26(30)15-18)25(16-27(31-36)22-10-14-28(33)32(2)17-22)21-6-4-19(5-7-21)20-8-11-23(12-9-20)37-29(34)35/h3-15,17,25,36H,16H2,1-2H3,(H,34,35)/b31-27+. The van der Waals surface area contributed by atoms with Gasteiger partial charge in [-0.1, -0.05) is 53.7 Å². The molecular formula is C29H25FN2O5. The first-order valence-corrected chi connectivity index (χ1v) is 11.5. The van der Waals surface area contributed by atoms with Gasteiger partial charge < -0.3 is 19.6 Å². The van der Waals surface area contributed by atoms with E-state index in [1.165, 1.54) is 16.7 Å². The van der Waals surface area contributed by atoms with Gasteiger partial charge in [0.05, 0.1) is 5.71 Å². The second-order valence-corrected chi connectivity index (χ2v) is 8.71. The number of nitrogens with zero attached hydrogens (tertiary/aromatic N) is 2. The van der Waals surface area contributed by atoms with Crippen LogP contribution in [0.3, 0.4) is 0 Å². The third-order valence-corrected chi connectivity index (χ3v) is 6.17. The molecule has 0 amide bonds. The molecule has 188 valence electrons. The molecule has 2 N–H and O–H groups in total. The number of carbonyl (C=O) groups is 1. The van der Waals surface area contributed by atoms with Crippen molar-refractivity contribution in [2.45, 2.75) is 19.3 Å². The molecule has 1 aromatic heterocycles. The topological polar surface area (TPSA) is 101 Å². The number of aryl methyl sites for hydroxylation is 2. The van der Waals surface area contributed by atoms with Crippen LogP contribution in [-0.4, -0.2) is 26.7 Å². The van der Waals surface area contributed by atoms with E-state index >= 15 is 4.39 Å². The van der Waals surface area contributed by atoms with E-state index in [-0.39, 0.29) is 23.5 Å². The van der Waals surface area contributed by atoms with Crippen molar-refractivity contribution in [1.29, 1.82) is 0 Å². The fourth-order valence-corrected chi connectivity index (χ4v) is 4.22. The summed E-state index contributed by atoms with van der Waals surface area (Å²) in [6.07, 6.45) is 0.394. The Kier molecular flexibility index (Phi) is 7.48. The van der Waals surface area contributed by atoms with Gasteiger partial charge in [0.2, 0.25) is 5.56 Å². The average Bonchev–Trinajstić information content (AvgIpc) is 2.87. The van der Waals surface area contributed by atoms with E-state index in [1.54, 1.807) is 49.6 Å². The van der Waals surface area contributed by atoms with Gasteiger partial charge in [-0.3, -0.25) is 4.79 Å². The Labute approximate surface area is 212 Å². The Morgan fingerprint density at radius 1 is 1.00 bits per heavy atom. The summed E-state index contributed by atoms with van der Waals surface area (Å²) < 4.78 is 21.2. The monoisotopic (exact) mass is 500 g/mol. The highest BCUT2D eigenvalue weighted by Crippen LogP contribution is 2.33. The molecule has 0 aliphatic carbocycles. The molecule has 37 heavy (non-hydrogen) atoms. The van der Waals surface area contributed by atoms with Crippen LogP contribution >= 0.6 is 0 Å². The smallest absolute Gasteiger partial charge is 0.449 e. The van der Waals surface area contributed by atoms with E-state index in [9.17, 15) is 14.8 Å². The van der Waals surface area contributed by atoms with Gasteiger partial charge >= 0.3 is 6.16 Å². The summed E-state index contributed by atoms with van der Waals surface area (Å²) in [5.41, 5.74) is 4.47. The van der Waals surface area contributed by atoms with Crippen LogP contribution in [0.2, 0.25) is 0 Å². The van der Waals surface area contributed by atoms with Gasteiger partial charge in [0.25, 0.3) is 0 Å². The maximum Gasteiger partial charge on any atom is 0.511 e. The molecule has 0 aliphatic heterocycles. The van der Waals surface area contributed by atoms with Gasteiger partial charge in [0.1, 0.15) is 11.6 Å². The van der Waals surface area contributed by atoms with Crippen LogP contribution in [0, 0.1) is 12.7 Å². The molecule has 0 radical (unpaired) electrons. The molecule has 8 heteroatoms. The molecule has 0 bridgehead atoms. The second kappa shape index (κ2) is 10.9. The molecule has 1 heterocycles. The van der Waals surface area contributed by atoms with Gasteiger partial charge in [-0.05, 0) is 59.0 Å². The molecule has 0 spiro atoms. The van der Waals surface area contributed by atoms with Crippen molar-refractivity contribution in [3.63, 3.8) is 0 Å². The number of ether oxygens (including phenoxy) is 1. The largest absolute Gasteiger partial charge is 0.511 e. The molecule has 4 rings (SSSR count). The van der Waals surface area contributed by atoms with Crippen molar-refractivity contribution in [3.8, 4) is 16.9 Å². The maximum atomic E-state index is 15.1. The van der Waals surface area contributed by atoms with Crippen LogP contribution in [0.15, 0.2) is 95.0 Å². The number of hydrogen-bond acceptors (Lipinski definition) is 5. The van der Waals surface area contributed by atoms with Gasteiger partial charge in [0.15, 0.2) is 0 Å². The molecule has 0 fully saturated rings. The molecule has 7 nitrogen and oxygen atoms in total. The molecule has 3 aromatic carbocycles. The lowest BCUT2D eigenvalue weighted by Crippen LogP contribution is -2.18. The highest BCUT2D eigenvalue weighted by molar-refractivity contribution is 6.00. The van der Waals surface area contributed by atoms with E-state index in [4.69, 9.17) is 5.11 Å². The quantitative estimate of drug-likeness (QED) is 0.107. The Bertz CT molecular complexity index is 1510. The Hall–Kier alpha value is -4.72. The molecule has 1 unspecified atom stereocenters. The lowest BCUT2D eigenvalue weighted by molar-refractivity contribution is 0.144. The molecular weight excluding hydrogens is 475 g/mol. The van der Waals surface area contributed by atoms with Gasteiger partial charge in [-0.15, -0.1) is 0 Å². The van der Waals surface area contributed by atoms with Crippen molar-refractivity contribution in [3.05, 3.63) is 123 Å². The van der Waals surface area contributed by atoms with Crippen LogP contribution < -0.4 is 10.3 Å². The number of carboxylic acid groups (broad SMARTS) is 1. The number of benzene rings is 3. The highest BCUT2D eigenvalue weighted by atomic mass is 19.1. The summed E-state index contributed by atoms with van der Waals surface area (Å²) in [5.74, 6) is -0.609. The number of pyridine rings is 1. The zero-order valence-electron chi connectivity index (χ0n) is 20.3. The predicted molar refractivity (Wildman–Crippen MR) is 138 cm³/mol. The summed E-state index contributed by atoms with van der Waals surface area (Å²) in [5, 5.41) is 22.1. The number of oxime groups is 1. The Morgan fingerprint density at radius 2 is 1.65 bits per heavy atom. The molecule has 0 aliphatic rings. The summed E-state index contributed by atoms with van der Waals surface area (Å²) >= 11 is 0. The van der Waals surface area contributed by atoms with Gasteiger partial charge in [0, 0.05) is 37.2 Å². The molecule has 1 atom stereocenters. The summed E-state index contributed by atoms with van der Waals surface area (Å²) in [6.45, 7) is 1.81. The van der Waals surface area contributed by atoms with E-state index in [1.807, 2.05) is 37.3 Å². The van der Waals surface area contributed by atoms with Crippen LogP contribution in [0.1, 0.15) is 34.6 Å². The zero-order chi connectivity index (χ0) is 26.5. The third kappa shape index (κ3) is 5.92. The molecule has 4 aromatic rings. The normalized spacial score (nSPS) is 12.2. The highest BCUT2D eigenvalue weighted by Gasteiger charge is 2.22. The van der Waals surface area contributed by atoms with Crippen molar-refractivity contribution in [2.24, 2.45) is 12.2 Å². The van der Waals surface area contributed by atoms with Crippen LogP contribution in [0.4, 0.5) is 9.18 Å². The predicted octanol–water partition coefficient (Wildman–Crippen LogP) is 5.96. The van der Waals surface area contributed by atoms with Crippen molar-refractivity contribution >= 4 is 11.9 Å². The van der Waals surface area contributed by atoms with E-state index in [0.717, 1.165) is 22.3 Å². The van der Waals surface area contributed by atoms with Crippen LogP contribution in [0.25, 0.3) is 11.1 Å². The minimum atomic E-state index is -1.38. The second-order valence-electron chi connectivity index (χ2n) is 8.71. The molecule has 0 saturated heterocycles. The number of rotatable bonds is 7. The third-order valence-electron chi connectivity index (χ3n) is 6.17. The van der Waals surface area contributed by atoms with E-state index in [2.05, 4.69) is 9.89 Å². The van der Waals surface area contributed by atoms with Gasteiger partial charge in [-0.2, -0.15) is 0 Å². The van der Waals surface area contributed by atoms with Gasteiger partial charge in [-0.25, -0.2) is 9.18 Å². The van der Waals surface area contributed by atoms with Crippen LogP contribution in [-0.2, 0) is 7.05 Å². The average molecular weight is 501 g/mol. The first-order chi connectivity index (χ1) is 17.7. The van der Waals surface area contributed by atoms with E-state index < -0.39 is 12.1 Å². The fourth-order valence-electron chi connectivity index (χ4n) is 4.22. The zero-order valence-corrected chi connectivity index (χ0v) is 20.3. The Morgan fingerprint density at radius 3 is 2.22 bits per heavy atom. The number of hydrogen-bond donors (Lipinski definition) is 2.